The highest BCUT2D eigenvalue weighted by Crippen LogP contribution is 2.32. The van der Waals surface area contributed by atoms with E-state index in [1.165, 1.54) is 6.42 Å². The zero-order chi connectivity index (χ0) is 13.8. The van der Waals surface area contributed by atoms with Crippen molar-refractivity contribution >= 4 is 23.5 Å². The van der Waals surface area contributed by atoms with Crippen LogP contribution in [0.15, 0.2) is 11.1 Å². The van der Waals surface area contributed by atoms with Crippen molar-refractivity contribution < 1.29 is 14.7 Å². The van der Waals surface area contributed by atoms with Gasteiger partial charge in [-0.1, -0.05) is 36.9 Å². The predicted molar refractivity (Wildman–Crippen MR) is 72.8 cm³/mol. The van der Waals surface area contributed by atoms with Crippen LogP contribution in [0.2, 0.25) is 0 Å². The van der Waals surface area contributed by atoms with Crippen LogP contribution in [0.5, 0.6) is 0 Å². The fourth-order valence-electron chi connectivity index (χ4n) is 2.96. The van der Waals surface area contributed by atoms with Crippen molar-refractivity contribution in [3.63, 3.8) is 0 Å². The minimum atomic E-state index is -0.913. The summed E-state index contributed by atoms with van der Waals surface area (Å²) in [5.41, 5.74) is 0. The van der Waals surface area contributed by atoms with Crippen molar-refractivity contribution in [3.05, 3.63) is 11.1 Å². The zero-order valence-electron chi connectivity index (χ0n) is 10.9. The molecule has 1 fully saturated rings. The van der Waals surface area contributed by atoms with E-state index in [0.717, 1.165) is 25.7 Å². The molecule has 0 spiro atoms. The average Bonchev–Trinajstić information content (AvgIpc) is 2.39. The first-order chi connectivity index (χ1) is 9.08. The van der Waals surface area contributed by atoms with Gasteiger partial charge in [0.1, 0.15) is 0 Å². The van der Waals surface area contributed by atoms with Crippen LogP contribution >= 0.6 is 11.6 Å². The molecule has 0 bridgehead atoms. The van der Waals surface area contributed by atoms with Gasteiger partial charge in [-0.3, -0.25) is 9.59 Å². The molecule has 2 N–H and O–H groups in total. The monoisotopic (exact) mass is 285 g/mol. The summed E-state index contributed by atoms with van der Waals surface area (Å²) in [5, 5.41) is 12.8. The third-order valence-electron chi connectivity index (χ3n) is 4.10. The molecule has 0 heterocycles. The molecule has 0 aliphatic heterocycles. The number of aliphatic carboxylic acids is 1. The lowest BCUT2D eigenvalue weighted by Crippen LogP contribution is -2.44. The SMILES string of the molecule is O=C(O)[C@@H]1CC=C(Cl)C[C@H]1C(=O)NC1CCCCC1. The van der Waals surface area contributed by atoms with Crippen LogP contribution in [0.4, 0.5) is 0 Å². The summed E-state index contributed by atoms with van der Waals surface area (Å²) >= 11 is 5.96. The van der Waals surface area contributed by atoms with Crippen LogP contribution in [-0.4, -0.2) is 23.0 Å². The van der Waals surface area contributed by atoms with Crippen molar-refractivity contribution in [2.75, 3.05) is 0 Å². The van der Waals surface area contributed by atoms with Crippen LogP contribution in [0.1, 0.15) is 44.9 Å². The minimum Gasteiger partial charge on any atom is -0.481 e. The number of allylic oxidation sites excluding steroid dienone is 2. The second-order valence-corrected chi connectivity index (χ2v) is 5.97. The highest BCUT2D eigenvalue weighted by atomic mass is 35.5. The maximum atomic E-state index is 12.3. The summed E-state index contributed by atoms with van der Waals surface area (Å²) in [6, 6.07) is 0.209. The second kappa shape index (κ2) is 6.42. The van der Waals surface area contributed by atoms with Crippen LogP contribution in [0.3, 0.4) is 0 Å². The normalized spacial score (nSPS) is 28.6. The van der Waals surface area contributed by atoms with Crippen molar-refractivity contribution in [2.24, 2.45) is 11.8 Å². The van der Waals surface area contributed by atoms with E-state index in [2.05, 4.69) is 5.32 Å². The third kappa shape index (κ3) is 3.72. The van der Waals surface area contributed by atoms with Gasteiger partial charge in [-0.15, -0.1) is 0 Å². The number of carbonyl (C=O) groups excluding carboxylic acids is 1. The van der Waals surface area contributed by atoms with Gasteiger partial charge in [-0.25, -0.2) is 0 Å². The Labute approximate surface area is 118 Å². The number of amides is 1. The molecule has 2 aliphatic rings. The Hall–Kier alpha value is -1.03. The van der Waals surface area contributed by atoms with Crippen molar-refractivity contribution in [2.45, 2.75) is 51.0 Å². The zero-order valence-corrected chi connectivity index (χ0v) is 11.7. The molecule has 0 saturated heterocycles. The number of rotatable bonds is 3. The number of nitrogens with one attached hydrogen (secondary N) is 1. The Morgan fingerprint density at radius 1 is 1.21 bits per heavy atom. The van der Waals surface area contributed by atoms with Crippen LogP contribution < -0.4 is 5.32 Å². The lowest BCUT2D eigenvalue weighted by Gasteiger charge is -2.29. The number of halogens is 1. The second-order valence-electron chi connectivity index (χ2n) is 5.49. The molecule has 0 radical (unpaired) electrons. The van der Waals surface area contributed by atoms with E-state index in [-0.39, 0.29) is 11.9 Å². The van der Waals surface area contributed by atoms with E-state index in [1.54, 1.807) is 6.08 Å². The summed E-state index contributed by atoms with van der Waals surface area (Å²) in [4.78, 5) is 23.5. The minimum absolute atomic E-state index is 0.148. The first kappa shape index (κ1) is 14.4. The van der Waals surface area contributed by atoms with E-state index >= 15 is 0 Å². The van der Waals surface area contributed by atoms with Gasteiger partial charge in [-0.05, 0) is 25.7 Å². The Kier molecular flexibility index (Phi) is 4.86. The van der Waals surface area contributed by atoms with E-state index in [1.807, 2.05) is 0 Å². The molecule has 0 aromatic heterocycles. The molecule has 4 nitrogen and oxygen atoms in total. The maximum Gasteiger partial charge on any atom is 0.307 e. The van der Waals surface area contributed by atoms with Gasteiger partial charge >= 0.3 is 5.97 Å². The summed E-state index contributed by atoms with van der Waals surface area (Å²) < 4.78 is 0. The Morgan fingerprint density at radius 3 is 2.53 bits per heavy atom. The lowest BCUT2D eigenvalue weighted by atomic mass is 9.82. The average molecular weight is 286 g/mol. The molecule has 1 saturated carbocycles. The van der Waals surface area contributed by atoms with E-state index in [9.17, 15) is 14.7 Å². The van der Waals surface area contributed by atoms with Gasteiger partial charge in [0.05, 0.1) is 11.8 Å². The van der Waals surface area contributed by atoms with Gasteiger partial charge in [-0.2, -0.15) is 0 Å². The summed E-state index contributed by atoms with van der Waals surface area (Å²) in [6.07, 6.45) is 7.90. The third-order valence-corrected chi connectivity index (χ3v) is 4.41. The Bertz CT molecular complexity index is 388. The number of hydrogen-bond donors (Lipinski definition) is 2. The molecule has 106 valence electrons. The Balaban J connectivity index is 1.98. The number of hydrogen-bond acceptors (Lipinski definition) is 2. The van der Waals surface area contributed by atoms with Gasteiger partial charge in [0.25, 0.3) is 0 Å². The van der Waals surface area contributed by atoms with Gasteiger partial charge in [0.2, 0.25) is 5.91 Å². The first-order valence-corrected chi connectivity index (χ1v) is 7.33. The molecular weight excluding hydrogens is 266 g/mol. The molecule has 5 heteroatoms. The van der Waals surface area contributed by atoms with Crippen molar-refractivity contribution in [1.29, 1.82) is 0 Å². The first-order valence-electron chi connectivity index (χ1n) is 6.95. The van der Waals surface area contributed by atoms with Crippen LogP contribution in [0, 0.1) is 11.8 Å². The van der Waals surface area contributed by atoms with E-state index in [4.69, 9.17) is 11.6 Å². The topological polar surface area (TPSA) is 66.4 Å². The molecule has 2 atom stereocenters. The predicted octanol–water partition coefficient (Wildman–Crippen LogP) is 2.67. The number of carbonyl (C=O) groups is 2. The van der Waals surface area contributed by atoms with Crippen molar-refractivity contribution in [3.8, 4) is 0 Å². The Morgan fingerprint density at radius 2 is 1.89 bits per heavy atom. The largest absolute Gasteiger partial charge is 0.481 e. The standard InChI is InChI=1S/C14H20ClNO3/c15-9-6-7-11(14(18)19)12(8-9)13(17)16-10-4-2-1-3-5-10/h6,10-12H,1-5,7-8H2,(H,16,17)(H,18,19)/t11-,12-/m1/s1. The lowest BCUT2D eigenvalue weighted by molar-refractivity contribution is -0.147. The number of carboxylic acid groups (broad SMARTS) is 1. The molecule has 0 aromatic rings. The smallest absolute Gasteiger partial charge is 0.307 e. The van der Waals surface area contributed by atoms with E-state index in [0.29, 0.717) is 17.9 Å². The highest BCUT2D eigenvalue weighted by molar-refractivity contribution is 6.29. The quantitative estimate of drug-likeness (QED) is 0.838. The van der Waals surface area contributed by atoms with Crippen LogP contribution in [0.25, 0.3) is 0 Å². The molecule has 19 heavy (non-hydrogen) atoms. The molecule has 2 aliphatic carbocycles. The summed E-state index contributed by atoms with van der Waals surface area (Å²) in [6.45, 7) is 0. The fourth-order valence-corrected chi connectivity index (χ4v) is 3.21. The molecule has 2 rings (SSSR count). The fraction of sp³-hybridized carbons (Fsp3) is 0.714. The van der Waals surface area contributed by atoms with Gasteiger partial charge in [0.15, 0.2) is 0 Å². The molecule has 1 amide bonds. The van der Waals surface area contributed by atoms with E-state index < -0.39 is 17.8 Å². The van der Waals surface area contributed by atoms with Gasteiger partial charge < -0.3 is 10.4 Å². The molecule has 0 unspecified atom stereocenters. The summed E-state index contributed by atoms with van der Waals surface area (Å²) in [7, 11) is 0. The highest BCUT2D eigenvalue weighted by Gasteiger charge is 2.36. The van der Waals surface area contributed by atoms with Gasteiger partial charge in [0, 0.05) is 11.1 Å². The summed E-state index contributed by atoms with van der Waals surface area (Å²) in [5.74, 6) is -2.24. The molecular formula is C14H20ClNO3. The van der Waals surface area contributed by atoms with Crippen LogP contribution in [-0.2, 0) is 9.59 Å². The number of carboxylic acids is 1. The maximum absolute atomic E-state index is 12.3. The molecule has 0 aromatic carbocycles. The van der Waals surface area contributed by atoms with Crippen molar-refractivity contribution in [1.82, 2.24) is 5.32 Å².